The van der Waals surface area contributed by atoms with Crippen molar-refractivity contribution >= 4 is 5.82 Å². The van der Waals surface area contributed by atoms with Gasteiger partial charge in [0.15, 0.2) is 0 Å². The lowest BCUT2D eigenvalue weighted by atomic mass is 9.94. The van der Waals surface area contributed by atoms with Gasteiger partial charge in [0.2, 0.25) is 11.8 Å². The summed E-state index contributed by atoms with van der Waals surface area (Å²) in [5.74, 6) is 2.37. The molecule has 1 saturated heterocycles. The van der Waals surface area contributed by atoms with Crippen molar-refractivity contribution in [2.45, 2.75) is 37.6 Å². The molecule has 0 bridgehead atoms. The van der Waals surface area contributed by atoms with Crippen molar-refractivity contribution in [3.8, 4) is 0 Å². The van der Waals surface area contributed by atoms with Crippen molar-refractivity contribution in [2.75, 3.05) is 18.0 Å². The van der Waals surface area contributed by atoms with E-state index in [-0.39, 0.29) is 5.92 Å². The second-order valence-electron chi connectivity index (χ2n) is 7.50. The Morgan fingerprint density at radius 3 is 2.74 bits per heavy atom. The highest BCUT2D eigenvalue weighted by Gasteiger charge is 2.32. The molecule has 3 heterocycles. The van der Waals surface area contributed by atoms with Gasteiger partial charge in [0, 0.05) is 19.3 Å². The van der Waals surface area contributed by atoms with Crippen LogP contribution in [0.15, 0.2) is 59.1 Å². The normalized spacial score (nSPS) is 19.6. The van der Waals surface area contributed by atoms with E-state index >= 15 is 0 Å². The smallest absolute Gasteiger partial charge is 0.236 e. The van der Waals surface area contributed by atoms with Gasteiger partial charge in [0.1, 0.15) is 5.82 Å². The van der Waals surface area contributed by atoms with Crippen LogP contribution in [0.2, 0.25) is 0 Å². The van der Waals surface area contributed by atoms with Crippen molar-refractivity contribution in [1.82, 2.24) is 15.2 Å². The van der Waals surface area contributed by atoms with E-state index in [0.29, 0.717) is 18.2 Å². The molecule has 1 aromatic carbocycles. The Balaban J connectivity index is 1.48. The second kappa shape index (κ2) is 7.48. The fourth-order valence-corrected chi connectivity index (χ4v) is 3.65. The van der Waals surface area contributed by atoms with Gasteiger partial charge in [-0.2, -0.15) is 0 Å². The zero-order valence-corrected chi connectivity index (χ0v) is 15.6. The minimum absolute atomic E-state index is 0.203. The molecule has 27 heavy (non-hydrogen) atoms. The van der Waals surface area contributed by atoms with Crippen LogP contribution in [0.1, 0.15) is 43.0 Å². The topological polar surface area (TPSA) is 81.1 Å². The molecular formula is C21H25N5O. The summed E-state index contributed by atoms with van der Waals surface area (Å²) in [6.45, 7) is 3.77. The lowest BCUT2D eigenvalue weighted by molar-refractivity contribution is 0.316. The molecule has 0 aliphatic carbocycles. The predicted molar refractivity (Wildman–Crippen MR) is 104 cm³/mol. The Morgan fingerprint density at radius 2 is 1.96 bits per heavy atom. The third kappa shape index (κ3) is 4.01. The van der Waals surface area contributed by atoms with Gasteiger partial charge in [0.25, 0.3) is 0 Å². The molecule has 1 aliphatic rings. The molecule has 1 unspecified atom stereocenters. The number of piperidine rings is 1. The largest absolute Gasteiger partial charge is 0.423 e. The van der Waals surface area contributed by atoms with Gasteiger partial charge >= 0.3 is 0 Å². The first-order valence-electron chi connectivity index (χ1n) is 9.44. The number of pyridine rings is 1. The maximum absolute atomic E-state index is 6.51. The molecule has 140 valence electrons. The van der Waals surface area contributed by atoms with E-state index in [4.69, 9.17) is 10.2 Å². The SMILES string of the molecule is C[C@@](N)(Cc1ccccc1)c1nnc(C2CCCN(c3ccccn3)C2)o1. The van der Waals surface area contributed by atoms with Crippen LogP contribution in [-0.4, -0.2) is 28.3 Å². The standard InChI is InChI=1S/C21H25N5O/c1-21(22,14-16-8-3-2-4-9-16)20-25-24-19(27-20)17-10-7-13-26(15-17)18-11-5-6-12-23-18/h2-6,8-9,11-12,17H,7,10,13-15,22H2,1H3/t17?,21-/m1/s1. The molecule has 2 atom stereocenters. The molecule has 3 aromatic rings. The molecular weight excluding hydrogens is 338 g/mol. The van der Waals surface area contributed by atoms with Crippen LogP contribution in [-0.2, 0) is 12.0 Å². The number of nitrogens with zero attached hydrogens (tertiary/aromatic N) is 4. The van der Waals surface area contributed by atoms with Crippen molar-refractivity contribution in [3.63, 3.8) is 0 Å². The van der Waals surface area contributed by atoms with Crippen LogP contribution in [0.25, 0.3) is 0 Å². The lowest BCUT2D eigenvalue weighted by Crippen LogP contribution is -2.36. The van der Waals surface area contributed by atoms with E-state index in [1.807, 2.05) is 49.5 Å². The Labute approximate surface area is 159 Å². The summed E-state index contributed by atoms with van der Waals surface area (Å²) in [6, 6.07) is 16.1. The minimum Gasteiger partial charge on any atom is -0.423 e. The molecule has 0 amide bonds. The first-order chi connectivity index (χ1) is 13.1. The Hall–Kier alpha value is -2.73. The zero-order chi connectivity index (χ0) is 18.7. The predicted octanol–water partition coefficient (Wildman–Crippen LogP) is 3.27. The van der Waals surface area contributed by atoms with Crippen molar-refractivity contribution in [2.24, 2.45) is 5.73 Å². The van der Waals surface area contributed by atoms with Crippen LogP contribution < -0.4 is 10.6 Å². The van der Waals surface area contributed by atoms with E-state index in [1.54, 1.807) is 0 Å². The fraction of sp³-hybridized carbons (Fsp3) is 0.381. The molecule has 1 fully saturated rings. The number of hydrogen-bond acceptors (Lipinski definition) is 6. The number of hydrogen-bond donors (Lipinski definition) is 1. The maximum Gasteiger partial charge on any atom is 0.236 e. The summed E-state index contributed by atoms with van der Waals surface area (Å²) in [5, 5.41) is 8.61. The van der Waals surface area contributed by atoms with Gasteiger partial charge in [-0.25, -0.2) is 4.98 Å². The highest BCUT2D eigenvalue weighted by Crippen LogP contribution is 2.30. The molecule has 4 rings (SSSR count). The second-order valence-corrected chi connectivity index (χ2v) is 7.50. The first kappa shape index (κ1) is 17.7. The van der Waals surface area contributed by atoms with Crippen molar-refractivity contribution in [1.29, 1.82) is 0 Å². The van der Waals surface area contributed by atoms with E-state index in [2.05, 4.69) is 32.2 Å². The van der Waals surface area contributed by atoms with Crippen LogP contribution in [0.4, 0.5) is 5.82 Å². The van der Waals surface area contributed by atoms with Crippen LogP contribution in [0.3, 0.4) is 0 Å². The summed E-state index contributed by atoms with van der Waals surface area (Å²) in [6.07, 6.45) is 4.58. The molecule has 0 radical (unpaired) electrons. The monoisotopic (exact) mass is 363 g/mol. The summed E-state index contributed by atoms with van der Waals surface area (Å²) in [7, 11) is 0. The Kier molecular flexibility index (Phi) is 4.90. The molecule has 6 heteroatoms. The number of aromatic nitrogens is 3. The number of nitrogens with two attached hydrogens (primary N) is 1. The van der Waals surface area contributed by atoms with E-state index in [9.17, 15) is 0 Å². The van der Waals surface area contributed by atoms with E-state index < -0.39 is 5.54 Å². The number of anilines is 1. The van der Waals surface area contributed by atoms with Gasteiger partial charge < -0.3 is 15.1 Å². The highest BCUT2D eigenvalue weighted by molar-refractivity contribution is 5.38. The van der Waals surface area contributed by atoms with Crippen LogP contribution in [0.5, 0.6) is 0 Å². The fourth-order valence-electron chi connectivity index (χ4n) is 3.65. The number of rotatable bonds is 5. The molecule has 1 aliphatic heterocycles. The van der Waals surface area contributed by atoms with E-state index in [0.717, 1.165) is 37.3 Å². The zero-order valence-electron chi connectivity index (χ0n) is 15.6. The number of benzene rings is 1. The Morgan fingerprint density at radius 1 is 1.15 bits per heavy atom. The molecule has 2 aromatic heterocycles. The summed E-state index contributed by atoms with van der Waals surface area (Å²) in [4.78, 5) is 6.74. The summed E-state index contributed by atoms with van der Waals surface area (Å²) < 4.78 is 6.05. The molecule has 0 saturated carbocycles. The van der Waals surface area contributed by atoms with Crippen LogP contribution in [0, 0.1) is 0 Å². The van der Waals surface area contributed by atoms with Gasteiger partial charge in [0.05, 0.1) is 11.5 Å². The Bertz CT molecular complexity index is 863. The average Bonchev–Trinajstić information content (AvgIpc) is 3.21. The molecule has 0 spiro atoms. The minimum atomic E-state index is -0.693. The van der Waals surface area contributed by atoms with Gasteiger partial charge in [-0.1, -0.05) is 36.4 Å². The quantitative estimate of drug-likeness (QED) is 0.749. The summed E-state index contributed by atoms with van der Waals surface area (Å²) >= 11 is 0. The van der Waals surface area contributed by atoms with Gasteiger partial charge in [-0.3, -0.25) is 0 Å². The van der Waals surface area contributed by atoms with E-state index in [1.165, 1.54) is 0 Å². The van der Waals surface area contributed by atoms with Crippen LogP contribution >= 0.6 is 0 Å². The third-order valence-electron chi connectivity index (χ3n) is 5.09. The van der Waals surface area contributed by atoms with Crippen molar-refractivity contribution in [3.05, 3.63) is 72.1 Å². The van der Waals surface area contributed by atoms with Gasteiger partial charge in [-0.05, 0) is 43.9 Å². The summed E-state index contributed by atoms with van der Waals surface area (Å²) in [5.41, 5.74) is 6.98. The molecule has 2 N–H and O–H groups in total. The third-order valence-corrected chi connectivity index (χ3v) is 5.09. The lowest BCUT2D eigenvalue weighted by Gasteiger charge is -2.32. The first-order valence-corrected chi connectivity index (χ1v) is 9.44. The van der Waals surface area contributed by atoms with Gasteiger partial charge in [-0.15, -0.1) is 10.2 Å². The molecule has 6 nitrogen and oxygen atoms in total. The maximum atomic E-state index is 6.51. The highest BCUT2D eigenvalue weighted by atomic mass is 16.4. The average molecular weight is 363 g/mol. The van der Waals surface area contributed by atoms with Crippen molar-refractivity contribution < 1.29 is 4.42 Å².